The Balaban J connectivity index is 1.71. The van der Waals surface area contributed by atoms with E-state index in [0.717, 1.165) is 12.0 Å². The van der Waals surface area contributed by atoms with Crippen LogP contribution in [-0.4, -0.2) is 4.98 Å². The van der Waals surface area contributed by atoms with Crippen molar-refractivity contribution >= 4 is 11.1 Å². The number of halogens is 1. The summed E-state index contributed by atoms with van der Waals surface area (Å²) in [5.74, 6) is 0.287. The maximum absolute atomic E-state index is 13.1. The van der Waals surface area contributed by atoms with Crippen LogP contribution in [0.1, 0.15) is 23.9 Å². The molecule has 1 aromatic heterocycles. The molecule has 4 heteroatoms. The minimum atomic E-state index is -0.307. The van der Waals surface area contributed by atoms with Gasteiger partial charge in [-0.25, -0.2) is 9.37 Å². The number of benzene rings is 2. The largest absolute Gasteiger partial charge is 0.441 e. The molecule has 0 saturated heterocycles. The Morgan fingerprint density at radius 2 is 1.95 bits per heavy atom. The van der Waals surface area contributed by atoms with Crippen LogP contribution < -0.4 is 5.73 Å². The van der Waals surface area contributed by atoms with Crippen LogP contribution in [0.2, 0.25) is 0 Å². The SMILES string of the molecule is NC(CCc1nc2cc(F)ccc2o1)c1ccccc1. The number of rotatable bonds is 4. The predicted molar refractivity (Wildman–Crippen MR) is 75.7 cm³/mol. The van der Waals surface area contributed by atoms with Crippen molar-refractivity contribution in [3.8, 4) is 0 Å². The summed E-state index contributed by atoms with van der Waals surface area (Å²) in [4.78, 5) is 4.28. The lowest BCUT2D eigenvalue weighted by molar-refractivity contribution is 0.501. The van der Waals surface area contributed by atoms with Crippen LogP contribution in [0, 0.1) is 5.82 Å². The van der Waals surface area contributed by atoms with Gasteiger partial charge in [-0.3, -0.25) is 0 Å². The van der Waals surface area contributed by atoms with Crippen molar-refractivity contribution in [2.75, 3.05) is 0 Å². The minimum Gasteiger partial charge on any atom is -0.441 e. The molecule has 3 nitrogen and oxygen atoms in total. The highest BCUT2D eigenvalue weighted by atomic mass is 19.1. The van der Waals surface area contributed by atoms with Crippen LogP contribution >= 0.6 is 0 Å². The van der Waals surface area contributed by atoms with Gasteiger partial charge in [0.15, 0.2) is 11.5 Å². The molecule has 3 aromatic rings. The van der Waals surface area contributed by atoms with E-state index in [2.05, 4.69) is 4.98 Å². The summed E-state index contributed by atoms with van der Waals surface area (Å²) in [5, 5.41) is 0. The van der Waals surface area contributed by atoms with Gasteiger partial charge >= 0.3 is 0 Å². The summed E-state index contributed by atoms with van der Waals surface area (Å²) >= 11 is 0. The second-order valence-corrected chi connectivity index (χ2v) is 4.78. The molecular weight excluding hydrogens is 255 g/mol. The highest BCUT2D eigenvalue weighted by molar-refractivity contribution is 5.72. The lowest BCUT2D eigenvalue weighted by atomic mass is 10.0. The fraction of sp³-hybridized carbons (Fsp3) is 0.188. The average Bonchev–Trinajstić information content (AvgIpc) is 2.87. The van der Waals surface area contributed by atoms with E-state index in [1.54, 1.807) is 6.07 Å². The Bertz CT molecular complexity index is 709. The van der Waals surface area contributed by atoms with Crippen LogP contribution in [0.3, 0.4) is 0 Å². The van der Waals surface area contributed by atoms with Gasteiger partial charge in [0.2, 0.25) is 0 Å². The molecule has 0 radical (unpaired) electrons. The van der Waals surface area contributed by atoms with Crippen LogP contribution in [-0.2, 0) is 6.42 Å². The zero-order valence-corrected chi connectivity index (χ0v) is 10.9. The number of nitrogens with two attached hydrogens (primary N) is 1. The molecule has 1 unspecified atom stereocenters. The lowest BCUT2D eigenvalue weighted by Crippen LogP contribution is -2.11. The second kappa shape index (κ2) is 5.43. The molecule has 0 fully saturated rings. The molecule has 20 heavy (non-hydrogen) atoms. The first-order valence-electron chi connectivity index (χ1n) is 6.58. The van der Waals surface area contributed by atoms with Gasteiger partial charge < -0.3 is 10.2 Å². The quantitative estimate of drug-likeness (QED) is 0.788. The predicted octanol–water partition coefficient (Wildman–Crippen LogP) is 3.60. The van der Waals surface area contributed by atoms with Gasteiger partial charge in [0.1, 0.15) is 11.3 Å². The Hall–Kier alpha value is -2.20. The number of hydrogen-bond acceptors (Lipinski definition) is 3. The topological polar surface area (TPSA) is 52.0 Å². The molecule has 0 amide bonds. The Labute approximate surface area is 116 Å². The number of oxazole rings is 1. The zero-order chi connectivity index (χ0) is 13.9. The maximum atomic E-state index is 13.1. The molecule has 0 bridgehead atoms. The van der Waals surface area contributed by atoms with Crippen molar-refractivity contribution in [1.82, 2.24) is 4.98 Å². The highest BCUT2D eigenvalue weighted by Gasteiger charge is 2.10. The van der Waals surface area contributed by atoms with Gasteiger partial charge in [-0.2, -0.15) is 0 Å². The first kappa shape index (κ1) is 12.8. The smallest absolute Gasteiger partial charge is 0.195 e. The molecular formula is C16H15FN2O. The standard InChI is InChI=1S/C16H15FN2O/c17-12-6-8-15-14(10-12)19-16(20-15)9-7-13(18)11-4-2-1-3-5-11/h1-6,8,10,13H,7,9,18H2. The van der Waals surface area contributed by atoms with E-state index < -0.39 is 0 Å². The van der Waals surface area contributed by atoms with Crippen molar-refractivity contribution in [1.29, 1.82) is 0 Å². The van der Waals surface area contributed by atoms with Crippen molar-refractivity contribution < 1.29 is 8.81 Å². The highest BCUT2D eigenvalue weighted by Crippen LogP contribution is 2.20. The molecule has 1 heterocycles. The van der Waals surface area contributed by atoms with E-state index in [0.29, 0.717) is 23.4 Å². The number of fused-ring (bicyclic) bond motifs is 1. The average molecular weight is 270 g/mol. The fourth-order valence-corrected chi connectivity index (χ4v) is 2.20. The Morgan fingerprint density at radius 1 is 1.15 bits per heavy atom. The summed E-state index contributed by atoms with van der Waals surface area (Å²) in [7, 11) is 0. The summed E-state index contributed by atoms with van der Waals surface area (Å²) in [5.41, 5.74) is 8.38. The van der Waals surface area contributed by atoms with Crippen LogP contribution in [0.5, 0.6) is 0 Å². The van der Waals surface area contributed by atoms with E-state index in [1.807, 2.05) is 30.3 Å². The molecule has 0 aliphatic carbocycles. The third kappa shape index (κ3) is 2.70. The van der Waals surface area contributed by atoms with Gasteiger partial charge in [-0.15, -0.1) is 0 Å². The number of hydrogen-bond donors (Lipinski definition) is 1. The molecule has 0 aliphatic rings. The second-order valence-electron chi connectivity index (χ2n) is 4.78. The summed E-state index contributed by atoms with van der Waals surface area (Å²) in [6.07, 6.45) is 1.37. The first-order chi connectivity index (χ1) is 9.72. The van der Waals surface area contributed by atoms with Gasteiger partial charge in [0.05, 0.1) is 0 Å². The summed E-state index contributed by atoms with van der Waals surface area (Å²) in [6.45, 7) is 0. The molecule has 1 atom stereocenters. The molecule has 3 rings (SSSR count). The van der Waals surface area contributed by atoms with Crippen LogP contribution in [0.4, 0.5) is 4.39 Å². The molecule has 0 aliphatic heterocycles. The van der Waals surface area contributed by atoms with Crippen molar-refractivity contribution in [3.63, 3.8) is 0 Å². The fourth-order valence-electron chi connectivity index (χ4n) is 2.20. The van der Waals surface area contributed by atoms with Crippen molar-refractivity contribution in [2.45, 2.75) is 18.9 Å². The third-order valence-electron chi connectivity index (χ3n) is 3.29. The van der Waals surface area contributed by atoms with Gasteiger partial charge in [0.25, 0.3) is 0 Å². The minimum absolute atomic E-state index is 0.0528. The summed E-state index contributed by atoms with van der Waals surface area (Å²) in [6, 6.07) is 14.2. The van der Waals surface area contributed by atoms with E-state index in [1.165, 1.54) is 12.1 Å². The molecule has 102 valence electrons. The number of nitrogens with zero attached hydrogens (tertiary/aromatic N) is 1. The van der Waals surface area contributed by atoms with Gasteiger partial charge in [-0.05, 0) is 24.1 Å². The van der Waals surface area contributed by atoms with E-state index in [4.69, 9.17) is 10.2 Å². The first-order valence-corrected chi connectivity index (χ1v) is 6.58. The van der Waals surface area contributed by atoms with Crippen LogP contribution in [0.25, 0.3) is 11.1 Å². The van der Waals surface area contributed by atoms with E-state index >= 15 is 0 Å². The Morgan fingerprint density at radius 3 is 2.75 bits per heavy atom. The summed E-state index contributed by atoms with van der Waals surface area (Å²) < 4.78 is 18.7. The molecule has 2 N–H and O–H groups in total. The Kier molecular flexibility index (Phi) is 3.48. The number of aromatic nitrogens is 1. The monoisotopic (exact) mass is 270 g/mol. The molecule has 2 aromatic carbocycles. The molecule has 0 saturated carbocycles. The zero-order valence-electron chi connectivity index (χ0n) is 10.9. The van der Waals surface area contributed by atoms with Gasteiger partial charge in [-0.1, -0.05) is 30.3 Å². The maximum Gasteiger partial charge on any atom is 0.195 e. The lowest BCUT2D eigenvalue weighted by Gasteiger charge is -2.09. The molecule has 0 spiro atoms. The van der Waals surface area contributed by atoms with E-state index in [-0.39, 0.29) is 11.9 Å². The van der Waals surface area contributed by atoms with E-state index in [9.17, 15) is 4.39 Å². The van der Waals surface area contributed by atoms with Gasteiger partial charge in [0, 0.05) is 18.5 Å². The van der Waals surface area contributed by atoms with Crippen LogP contribution in [0.15, 0.2) is 52.9 Å². The normalized spacial score (nSPS) is 12.7. The third-order valence-corrected chi connectivity index (χ3v) is 3.29. The number of aryl methyl sites for hydroxylation is 1. The van der Waals surface area contributed by atoms with Crippen molar-refractivity contribution in [2.24, 2.45) is 5.73 Å². The van der Waals surface area contributed by atoms with Crippen molar-refractivity contribution in [3.05, 3.63) is 65.8 Å².